The summed E-state index contributed by atoms with van der Waals surface area (Å²) in [6.07, 6.45) is 0. The molecule has 0 radical (unpaired) electrons. The lowest BCUT2D eigenvalue weighted by molar-refractivity contribution is -0.111. The summed E-state index contributed by atoms with van der Waals surface area (Å²) in [6, 6.07) is 10.00. The van der Waals surface area contributed by atoms with Gasteiger partial charge in [-0.2, -0.15) is 5.10 Å². The first kappa shape index (κ1) is 13.6. The molecule has 0 unspecified atom stereocenters. The normalized spacial score (nSPS) is 12.4. The van der Waals surface area contributed by atoms with E-state index in [2.05, 4.69) is 24.7 Å². The standard InChI is InChI=1S/C13H20N2OSi/c1-11(12(2)16)14-15(17(3,4)5)13-9-7-6-8-10-13/h6-10H,1-5H3/b14-11+. The molecule has 17 heavy (non-hydrogen) atoms. The quantitative estimate of drug-likeness (QED) is 0.465. The molecule has 0 saturated carbocycles. The summed E-state index contributed by atoms with van der Waals surface area (Å²) in [5, 5.41) is 4.48. The van der Waals surface area contributed by atoms with E-state index in [-0.39, 0.29) is 5.78 Å². The third-order valence-corrected chi connectivity index (χ3v) is 4.02. The van der Waals surface area contributed by atoms with Crippen LogP contribution >= 0.6 is 0 Å². The Balaban J connectivity index is 3.16. The van der Waals surface area contributed by atoms with E-state index >= 15 is 0 Å². The molecule has 0 bridgehead atoms. The predicted molar refractivity (Wildman–Crippen MR) is 76.1 cm³/mol. The minimum Gasteiger partial charge on any atom is -0.295 e. The molecule has 92 valence electrons. The molecule has 0 heterocycles. The Kier molecular flexibility index (Phi) is 4.23. The molecular formula is C13H20N2OSi. The number of nitrogens with zero attached hydrogens (tertiary/aromatic N) is 2. The number of Topliss-reactive ketones (excluding diaryl/α,β-unsaturated/α-hetero) is 1. The fourth-order valence-electron chi connectivity index (χ4n) is 1.38. The zero-order chi connectivity index (χ0) is 13.1. The molecule has 0 aliphatic rings. The lowest BCUT2D eigenvalue weighted by atomic mass is 10.3. The zero-order valence-electron chi connectivity index (χ0n) is 11.2. The second-order valence-electron chi connectivity index (χ2n) is 5.06. The third-order valence-electron chi connectivity index (χ3n) is 2.40. The SMILES string of the molecule is CC(=O)/C(C)=N/N(c1ccccc1)[Si](C)(C)C. The van der Waals surface area contributed by atoms with Crippen molar-refractivity contribution in [1.29, 1.82) is 0 Å². The van der Waals surface area contributed by atoms with Gasteiger partial charge in [-0.3, -0.25) is 9.47 Å². The van der Waals surface area contributed by atoms with E-state index in [9.17, 15) is 4.79 Å². The smallest absolute Gasteiger partial charge is 0.176 e. The Morgan fingerprint density at radius 1 is 1.12 bits per heavy atom. The molecule has 0 fully saturated rings. The van der Waals surface area contributed by atoms with Crippen LogP contribution in [0.2, 0.25) is 19.6 Å². The van der Waals surface area contributed by atoms with Gasteiger partial charge in [-0.05, 0) is 38.7 Å². The van der Waals surface area contributed by atoms with E-state index in [0.29, 0.717) is 5.71 Å². The fraction of sp³-hybridized carbons (Fsp3) is 0.385. The molecule has 1 aromatic rings. The average Bonchev–Trinajstić information content (AvgIpc) is 2.25. The van der Waals surface area contributed by atoms with Crippen LogP contribution in [0.4, 0.5) is 5.69 Å². The van der Waals surface area contributed by atoms with Crippen LogP contribution in [0.15, 0.2) is 35.4 Å². The molecule has 1 aromatic carbocycles. The number of hydrogen-bond donors (Lipinski definition) is 0. The van der Waals surface area contributed by atoms with Crippen LogP contribution in [0, 0.1) is 0 Å². The summed E-state index contributed by atoms with van der Waals surface area (Å²) >= 11 is 0. The molecule has 0 amide bonds. The monoisotopic (exact) mass is 248 g/mol. The maximum Gasteiger partial charge on any atom is 0.176 e. The van der Waals surface area contributed by atoms with E-state index in [1.807, 2.05) is 35.0 Å². The summed E-state index contributed by atoms with van der Waals surface area (Å²) in [6.45, 7) is 9.93. The molecule has 0 aliphatic heterocycles. The second-order valence-corrected chi connectivity index (χ2v) is 9.83. The Bertz CT molecular complexity index is 421. The molecule has 0 aliphatic carbocycles. The lowest BCUT2D eigenvalue weighted by Gasteiger charge is -2.31. The summed E-state index contributed by atoms with van der Waals surface area (Å²) in [5.74, 6) is 0.0178. The number of ketones is 1. The van der Waals surface area contributed by atoms with Crippen molar-refractivity contribution >= 4 is 25.4 Å². The van der Waals surface area contributed by atoms with E-state index in [4.69, 9.17) is 0 Å². The van der Waals surface area contributed by atoms with Crippen molar-refractivity contribution in [3.05, 3.63) is 30.3 Å². The highest BCUT2D eigenvalue weighted by Crippen LogP contribution is 2.21. The fourth-order valence-corrected chi connectivity index (χ4v) is 2.76. The maximum absolute atomic E-state index is 11.3. The van der Waals surface area contributed by atoms with Crippen LogP contribution in [-0.4, -0.2) is 19.7 Å². The van der Waals surface area contributed by atoms with E-state index in [1.54, 1.807) is 13.8 Å². The van der Waals surface area contributed by atoms with Gasteiger partial charge in [-0.15, -0.1) is 0 Å². The molecule has 0 atom stereocenters. The third kappa shape index (κ3) is 3.82. The second kappa shape index (κ2) is 5.27. The summed E-state index contributed by atoms with van der Waals surface area (Å²) in [7, 11) is -1.64. The highest BCUT2D eigenvalue weighted by Gasteiger charge is 2.24. The molecule has 1 rings (SSSR count). The van der Waals surface area contributed by atoms with Gasteiger partial charge in [0.05, 0.1) is 5.71 Å². The number of carbonyl (C=O) groups is 1. The zero-order valence-corrected chi connectivity index (χ0v) is 12.2. The van der Waals surface area contributed by atoms with Gasteiger partial charge in [-0.1, -0.05) is 18.2 Å². The molecular weight excluding hydrogens is 228 g/mol. The summed E-state index contributed by atoms with van der Waals surface area (Å²) in [5.41, 5.74) is 1.60. The maximum atomic E-state index is 11.3. The highest BCUT2D eigenvalue weighted by atomic mass is 28.3. The van der Waals surface area contributed by atoms with E-state index in [0.717, 1.165) is 5.69 Å². The first-order valence-corrected chi connectivity index (χ1v) is 9.18. The van der Waals surface area contributed by atoms with Crippen molar-refractivity contribution in [3.63, 3.8) is 0 Å². The molecule has 0 saturated heterocycles. The number of hydrazone groups is 1. The van der Waals surface area contributed by atoms with E-state index < -0.39 is 8.24 Å². The van der Waals surface area contributed by atoms with Crippen LogP contribution in [0.3, 0.4) is 0 Å². The van der Waals surface area contributed by atoms with Crippen LogP contribution in [0.25, 0.3) is 0 Å². The van der Waals surface area contributed by atoms with Gasteiger partial charge < -0.3 is 0 Å². The number of carbonyl (C=O) groups excluding carboxylic acids is 1. The van der Waals surface area contributed by atoms with Crippen LogP contribution < -0.4 is 4.67 Å². The number of benzene rings is 1. The largest absolute Gasteiger partial charge is 0.295 e. The van der Waals surface area contributed by atoms with E-state index in [1.165, 1.54) is 0 Å². The van der Waals surface area contributed by atoms with Gasteiger partial charge in [0.15, 0.2) is 14.0 Å². The first-order valence-electron chi connectivity index (χ1n) is 5.74. The van der Waals surface area contributed by atoms with Crippen LogP contribution in [-0.2, 0) is 4.79 Å². The summed E-state index contributed by atoms with van der Waals surface area (Å²) in [4.78, 5) is 11.3. The van der Waals surface area contributed by atoms with Gasteiger partial charge in [0.1, 0.15) is 0 Å². The Morgan fingerprint density at radius 3 is 2.06 bits per heavy atom. The number of anilines is 1. The van der Waals surface area contributed by atoms with Gasteiger partial charge in [-0.25, -0.2) is 0 Å². The van der Waals surface area contributed by atoms with Gasteiger partial charge in [0.25, 0.3) is 0 Å². The topological polar surface area (TPSA) is 32.7 Å². The van der Waals surface area contributed by atoms with Crippen molar-refractivity contribution in [2.24, 2.45) is 5.10 Å². The van der Waals surface area contributed by atoms with Crippen LogP contribution in [0.1, 0.15) is 13.8 Å². The van der Waals surface area contributed by atoms with Crippen LogP contribution in [0.5, 0.6) is 0 Å². The lowest BCUT2D eigenvalue weighted by Crippen LogP contribution is -2.43. The Hall–Kier alpha value is -1.42. The van der Waals surface area contributed by atoms with Gasteiger partial charge >= 0.3 is 0 Å². The van der Waals surface area contributed by atoms with Crippen molar-refractivity contribution in [2.75, 3.05) is 4.67 Å². The number of para-hydroxylation sites is 1. The van der Waals surface area contributed by atoms with Gasteiger partial charge in [0.2, 0.25) is 0 Å². The first-order chi connectivity index (χ1) is 7.82. The number of hydrogen-bond acceptors (Lipinski definition) is 3. The minimum absolute atomic E-state index is 0.0178. The predicted octanol–water partition coefficient (Wildman–Crippen LogP) is 3.29. The summed E-state index contributed by atoms with van der Waals surface area (Å²) < 4.78 is 2.02. The Morgan fingerprint density at radius 2 is 1.65 bits per heavy atom. The van der Waals surface area contributed by atoms with Crippen molar-refractivity contribution in [1.82, 2.24) is 0 Å². The van der Waals surface area contributed by atoms with Crippen molar-refractivity contribution in [2.45, 2.75) is 33.5 Å². The number of rotatable bonds is 4. The molecule has 0 spiro atoms. The molecule has 0 aromatic heterocycles. The molecule has 0 N–H and O–H groups in total. The highest BCUT2D eigenvalue weighted by molar-refractivity contribution is 6.79. The molecule has 4 heteroatoms. The Labute approximate surface area is 104 Å². The molecule has 3 nitrogen and oxygen atoms in total. The van der Waals surface area contributed by atoms with Crippen molar-refractivity contribution < 1.29 is 4.79 Å². The minimum atomic E-state index is -1.64. The van der Waals surface area contributed by atoms with Gasteiger partial charge in [0, 0.05) is 12.6 Å². The average molecular weight is 248 g/mol. The van der Waals surface area contributed by atoms with Crippen molar-refractivity contribution in [3.8, 4) is 0 Å².